The summed E-state index contributed by atoms with van der Waals surface area (Å²) in [6.45, 7) is 8.42. The fourth-order valence-corrected chi connectivity index (χ4v) is 2.28. The largest absolute Gasteiger partial charge is 0.374 e. The van der Waals surface area contributed by atoms with Crippen LogP contribution in [-0.4, -0.2) is 24.8 Å². The monoisotopic (exact) mass is 225 g/mol. The molecule has 2 aliphatic rings. The molecule has 0 aromatic heterocycles. The average Bonchev–Trinajstić information content (AvgIpc) is 3.11. The summed E-state index contributed by atoms with van der Waals surface area (Å²) in [6, 6.07) is 0.813. The molecule has 2 saturated carbocycles. The molecular formula is C14H27NO. The summed E-state index contributed by atoms with van der Waals surface area (Å²) in [5.41, 5.74) is 0.0519. The highest BCUT2D eigenvalue weighted by molar-refractivity contribution is 4.96. The van der Waals surface area contributed by atoms with Crippen LogP contribution in [0.3, 0.4) is 0 Å². The van der Waals surface area contributed by atoms with Crippen molar-refractivity contribution in [2.24, 2.45) is 11.8 Å². The van der Waals surface area contributed by atoms with Gasteiger partial charge < -0.3 is 10.1 Å². The molecule has 2 fully saturated rings. The summed E-state index contributed by atoms with van der Waals surface area (Å²) in [5.74, 6) is 1.98. The van der Waals surface area contributed by atoms with Gasteiger partial charge in [-0.05, 0) is 57.8 Å². The van der Waals surface area contributed by atoms with Crippen LogP contribution in [0.2, 0.25) is 0 Å². The van der Waals surface area contributed by atoms with Gasteiger partial charge in [-0.15, -0.1) is 0 Å². The summed E-state index contributed by atoms with van der Waals surface area (Å²) in [6.07, 6.45) is 6.90. The number of rotatable bonds is 8. The first-order valence-electron chi connectivity index (χ1n) is 7.00. The predicted octanol–water partition coefficient (Wildman–Crippen LogP) is 2.97. The van der Waals surface area contributed by atoms with Crippen molar-refractivity contribution in [3.05, 3.63) is 0 Å². The SMILES string of the molecule is CCC(C)(C)OCCNC(C1CC1)C1CC1. The van der Waals surface area contributed by atoms with Gasteiger partial charge in [0.25, 0.3) is 0 Å². The maximum Gasteiger partial charge on any atom is 0.0624 e. The zero-order chi connectivity index (χ0) is 11.6. The van der Waals surface area contributed by atoms with Crippen molar-refractivity contribution >= 4 is 0 Å². The van der Waals surface area contributed by atoms with Gasteiger partial charge in [0.2, 0.25) is 0 Å². The second kappa shape index (κ2) is 5.05. The van der Waals surface area contributed by atoms with Crippen LogP contribution >= 0.6 is 0 Å². The smallest absolute Gasteiger partial charge is 0.0624 e. The molecule has 16 heavy (non-hydrogen) atoms. The maximum absolute atomic E-state index is 5.87. The van der Waals surface area contributed by atoms with Crippen molar-refractivity contribution in [2.75, 3.05) is 13.2 Å². The molecule has 0 aromatic carbocycles. The number of hydrogen-bond acceptors (Lipinski definition) is 2. The summed E-state index contributed by atoms with van der Waals surface area (Å²) in [5, 5.41) is 3.72. The normalized spacial score (nSPS) is 21.8. The van der Waals surface area contributed by atoms with Crippen LogP contribution in [-0.2, 0) is 4.74 Å². The molecule has 2 nitrogen and oxygen atoms in total. The molecule has 0 saturated heterocycles. The van der Waals surface area contributed by atoms with Gasteiger partial charge in [0.15, 0.2) is 0 Å². The Bertz CT molecular complexity index is 207. The lowest BCUT2D eigenvalue weighted by atomic mass is 10.1. The molecule has 0 aromatic rings. The molecule has 0 aliphatic heterocycles. The van der Waals surface area contributed by atoms with Crippen LogP contribution in [0.15, 0.2) is 0 Å². The van der Waals surface area contributed by atoms with Gasteiger partial charge in [-0.3, -0.25) is 0 Å². The van der Waals surface area contributed by atoms with Crippen molar-refractivity contribution in [2.45, 2.75) is 64.5 Å². The molecule has 2 rings (SSSR count). The first kappa shape index (κ1) is 12.4. The highest BCUT2D eigenvalue weighted by Gasteiger charge is 2.40. The van der Waals surface area contributed by atoms with Crippen LogP contribution in [0.1, 0.15) is 52.9 Å². The van der Waals surface area contributed by atoms with Gasteiger partial charge in [0.1, 0.15) is 0 Å². The van der Waals surface area contributed by atoms with Crippen LogP contribution in [0.25, 0.3) is 0 Å². The number of nitrogens with one attached hydrogen (secondary N) is 1. The second-order valence-electron chi connectivity index (χ2n) is 6.12. The van der Waals surface area contributed by atoms with E-state index in [4.69, 9.17) is 4.74 Å². The van der Waals surface area contributed by atoms with Gasteiger partial charge >= 0.3 is 0 Å². The van der Waals surface area contributed by atoms with E-state index in [9.17, 15) is 0 Å². The fourth-order valence-electron chi connectivity index (χ4n) is 2.28. The van der Waals surface area contributed by atoms with Crippen molar-refractivity contribution in [3.63, 3.8) is 0 Å². The van der Waals surface area contributed by atoms with E-state index in [2.05, 4.69) is 26.1 Å². The zero-order valence-corrected chi connectivity index (χ0v) is 11.1. The third kappa shape index (κ3) is 3.74. The number of hydrogen-bond donors (Lipinski definition) is 1. The van der Waals surface area contributed by atoms with Crippen molar-refractivity contribution in [3.8, 4) is 0 Å². The number of ether oxygens (including phenoxy) is 1. The van der Waals surface area contributed by atoms with Crippen LogP contribution in [0.5, 0.6) is 0 Å². The van der Waals surface area contributed by atoms with Crippen molar-refractivity contribution in [1.29, 1.82) is 0 Å². The molecule has 0 spiro atoms. The molecule has 0 radical (unpaired) electrons. The first-order valence-corrected chi connectivity index (χ1v) is 7.00. The molecular weight excluding hydrogens is 198 g/mol. The van der Waals surface area contributed by atoms with Gasteiger partial charge in [-0.1, -0.05) is 6.92 Å². The van der Waals surface area contributed by atoms with E-state index in [0.29, 0.717) is 0 Å². The standard InChI is InChI=1S/C14H27NO/c1-4-14(2,3)16-10-9-15-13(11-5-6-11)12-7-8-12/h11-13,15H,4-10H2,1-3H3. The molecule has 0 heterocycles. The Hall–Kier alpha value is -0.0800. The van der Waals surface area contributed by atoms with E-state index in [1.54, 1.807) is 0 Å². The molecule has 1 N–H and O–H groups in total. The van der Waals surface area contributed by atoms with Crippen LogP contribution in [0.4, 0.5) is 0 Å². The molecule has 0 amide bonds. The van der Waals surface area contributed by atoms with Gasteiger partial charge in [0.05, 0.1) is 12.2 Å². The first-order chi connectivity index (χ1) is 7.62. The average molecular weight is 225 g/mol. The molecule has 0 unspecified atom stereocenters. The van der Waals surface area contributed by atoms with E-state index in [1.807, 2.05) is 0 Å². The molecule has 2 heteroatoms. The third-order valence-electron chi connectivity index (χ3n) is 4.09. The Morgan fingerprint density at radius 3 is 2.19 bits per heavy atom. The van der Waals surface area contributed by atoms with E-state index < -0.39 is 0 Å². The lowest BCUT2D eigenvalue weighted by Gasteiger charge is -2.25. The van der Waals surface area contributed by atoms with E-state index >= 15 is 0 Å². The van der Waals surface area contributed by atoms with Crippen molar-refractivity contribution in [1.82, 2.24) is 5.32 Å². The molecule has 2 aliphatic carbocycles. The van der Waals surface area contributed by atoms with E-state index in [1.165, 1.54) is 25.7 Å². The maximum atomic E-state index is 5.87. The Morgan fingerprint density at radius 2 is 1.75 bits per heavy atom. The Kier molecular flexibility index (Phi) is 3.91. The third-order valence-corrected chi connectivity index (χ3v) is 4.09. The lowest BCUT2D eigenvalue weighted by molar-refractivity contribution is -0.0190. The minimum absolute atomic E-state index is 0.0519. The summed E-state index contributed by atoms with van der Waals surface area (Å²) in [7, 11) is 0. The van der Waals surface area contributed by atoms with Crippen molar-refractivity contribution < 1.29 is 4.74 Å². The highest BCUT2D eigenvalue weighted by atomic mass is 16.5. The Morgan fingerprint density at radius 1 is 1.19 bits per heavy atom. The van der Waals surface area contributed by atoms with Gasteiger partial charge in [-0.25, -0.2) is 0 Å². The van der Waals surface area contributed by atoms with E-state index in [-0.39, 0.29) is 5.60 Å². The second-order valence-corrected chi connectivity index (χ2v) is 6.12. The minimum Gasteiger partial charge on any atom is -0.374 e. The highest BCUT2D eigenvalue weighted by Crippen LogP contribution is 2.44. The van der Waals surface area contributed by atoms with Crippen LogP contribution in [0, 0.1) is 11.8 Å². The molecule has 0 bridgehead atoms. The van der Waals surface area contributed by atoms with Gasteiger partial charge in [-0.2, -0.15) is 0 Å². The lowest BCUT2D eigenvalue weighted by Crippen LogP contribution is -2.37. The van der Waals surface area contributed by atoms with E-state index in [0.717, 1.165) is 37.5 Å². The quantitative estimate of drug-likeness (QED) is 0.641. The summed E-state index contributed by atoms with van der Waals surface area (Å²) in [4.78, 5) is 0. The molecule has 0 atom stereocenters. The fraction of sp³-hybridized carbons (Fsp3) is 1.00. The van der Waals surface area contributed by atoms with Crippen LogP contribution < -0.4 is 5.32 Å². The minimum atomic E-state index is 0.0519. The summed E-state index contributed by atoms with van der Waals surface area (Å²) >= 11 is 0. The Balaban J connectivity index is 1.59. The Labute approximate surface area is 100 Å². The van der Waals surface area contributed by atoms with Gasteiger partial charge in [0, 0.05) is 12.6 Å². The summed E-state index contributed by atoms with van der Waals surface area (Å²) < 4.78 is 5.87. The topological polar surface area (TPSA) is 21.3 Å². The zero-order valence-electron chi connectivity index (χ0n) is 11.1. The predicted molar refractivity (Wildman–Crippen MR) is 67.6 cm³/mol. The molecule has 94 valence electrons.